The number of hydrogen-bond donors (Lipinski definition) is 1. The van der Waals surface area contributed by atoms with Crippen LogP contribution >= 0.6 is 11.5 Å². The second-order valence-corrected chi connectivity index (χ2v) is 10.8. The Morgan fingerprint density at radius 1 is 1.18 bits per heavy atom. The third-order valence-corrected chi connectivity index (χ3v) is 7.73. The minimum atomic E-state index is -0.310. The average molecular weight is 475 g/mol. The number of benzene rings is 2. The van der Waals surface area contributed by atoms with Gasteiger partial charge in [0.25, 0.3) is 0 Å². The summed E-state index contributed by atoms with van der Waals surface area (Å²) in [5.41, 5.74) is 4.82. The van der Waals surface area contributed by atoms with Crippen LogP contribution in [0, 0.1) is 17.2 Å². The molecule has 2 aliphatic heterocycles. The molecule has 2 aromatic carbocycles. The molecule has 4 aromatic rings. The van der Waals surface area contributed by atoms with Crippen LogP contribution in [-0.2, 0) is 0 Å². The molecular weight excluding hydrogens is 447 g/mol. The van der Waals surface area contributed by atoms with Gasteiger partial charge in [-0.05, 0) is 65.7 Å². The van der Waals surface area contributed by atoms with Gasteiger partial charge >= 0.3 is 0 Å². The highest BCUT2D eigenvalue weighted by Gasteiger charge is 2.33. The number of aromatic nitrogens is 2. The molecule has 0 spiro atoms. The van der Waals surface area contributed by atoms with E-state index in [1.807, 2.05) is 0 Å². The molecule has 0 saturated carbocycles. The topological polar surface area (TPSA) is 54.2 Å². The summed E-state index contributed by atoms with van der Waals surface area (Å²) in [5.74, 6) is 0.0939. The molecule has 7 heteroatoms. The van der Waals surface area contributed by atoms with E-state index in [0.29, 0.717) is 11.5 Å². The highest BCUT2D eigenvalue weighted by Crippen LogP contribution is 2.39. The van der Waals surface area contributed by atoms with Gasteiger partial charge in [0.1, 0.15) is 11.5 Å². The van der Waals surface area contributed by atoms with Crippen molar-refractivity contribution < 1.29 is 8.91 Å². The first-order valence-corrected chi connectivity index (χ1v) is 12.5. The first-order chi connectivity index (χ1) is 16.5. The van der Waals surface area contributed by atoms with Gasteiger partial charge < -0.3 is 14.7 Å². The summed E-state index contributed by atoms with van der Waals surface area (Å²) in [6.45, 7) is 5.90. The van der Waals surface area contributed by atoms with E-state index >= 15 is 0 Å². The van der Waals surface area contributed by atoms with E-state index < -0.39 is 0 Å². The zero-order valence-corrected chi connectivity index (χ0v) is 20.2. The smallest absolute Gasteiger partial charge is 0.170 e. The van der Waals surface area contributed by atoms with E-state index in [9.17, 15) is 4.39 Å². The number of rotatable bonds is 4. The number of hydrogen-bond acceptors (Lipinski definition) is 6. The van der Waals surface area contributed by atoms with Crippen LogP contribution in [0.3, 0.4) is 0 Å². The lowest BCUT2D eigenvalue weighted by Crippen LogP contribution is -2.40. The summed E-state index contributed by atoms with van der Waals surface area (Å²) in [6, 6.07) is 13.1. The van der Waals surface area contributed by atoms with Crippen molar-refractivity contribution in [2.24, 2.45) is 11.3 Å². The molecule has 0 amide bonds. The maximum Gasteiger partial charge on any atom is 0.170 e. The second-order valence-electron chi connectivity index (χ2n) is 9.98. The van der Waals surface area contributed by atoms with Crippen LogP contribution in [0.15, 0.2) is 59.1 Å². The molecule has 2 atom stereocenters. The number of fused-ring (bicyclic) bond motifs is 2. The summed E-state index contributed by atoms with van der Waals surface area (Å²) < 4.78 is 25.1. The number of nitrogens with zero attached hydrogens (tertiary/aromatic N) is 3. The Labute approximate surface area is 202 Å². The van der Waals surface area contributed by atoms with E-state index in [1.54, 1.807) is 17.6 Å². The normalized spacial score (nSPS) is 23.9. The summed E-state index contributed by atoms with van der Waals surface area (Å²) in [4.78, 5) is 2.34. The van der Waals surface area contributed by atoms with E-state index in [0.717, 1.165) is 54.9 Å². The van der Waals surface area contributed by atoms with Crippen LogP contribution in [0.25, 0.3) is 32.2 Å². The number of halogens is 1. The monoisotopic (exact) mass is 474 g/mol. The number of likely N-dealkylation sites (N-methyl/N-ethyl adjacent to an activating group) is 1. The van der Waals surface area contributed by atoms with Crippen molar-refractivity contribution >= 4 is 43.7 Å². The number of nitrogens with one attached hydrogen (secondary N) is 1. The fourth-order valence-electron chi connectivity index (χ4n) is 5.69. The average Bonchev–Trinajstić information content (AvgIpc) is 3.42. The maximum atomic E-state index is 13.6. The second kappa shape index (κ2) is 8.41. The van der Waals surface area contributed by atoms with Crippen LogP contribution in [0.2, 0.25) is 0 Å². The lowest BCUT2D eigenvalue weighted by molar-refractivity contribution is 0.210. The molecule has 2 unspecified atom stereocenters. The molecule has 0 bridgehead atoms. The van der Waals surface area contributed by atoms with E-state index in [1.165, 1.54) is 27.8 Å². The molecule has 5 nitrogen and oxygen atoms in total. The van der Waals surface area contributed by atoms with Crippen molar-refractivity contribution in [1.29, 1.82) is 0 Å². The minimum Gasteiger partial charge on any atom is -0.356 e. The lowest BCUT2D eigenvalue weighted by Gasteiger charge is -2.39. The van der Waals surface area contributed by atoms with Crippen LogP contribution in [0.1, 0.15) is 24.7 Å². The van der Waals surface area contributed by atoms with Crippen molar-refractivity contribution in [3.63, 3.8) is 0 Å². The SMILES string of the molecule is CN1CC(c2noc3cc(F)ccc23)=CC(C)(CC2C=C(c3nsc4ccccc34)CNC2)C1. The zero-order chi connectivity index (χ0) is 23.3. The Morgan fingerprint density at radius 3 is 2.97 bits per heavy atom. The summed E-state index contributed by atoms with van der Waals surface area (Å²) >= 11 is 1.57. The molecule has 2 aliphatic rings. The molecule has 0 aliphatic carbocycles. The van der Waals surface area contributed by atoms with Crippen molar-refractivity contribution in [2.75, 3.05) is 33.2 Å². The molecule has 6 rings (SSSR count). The van der Waals surface area contributed by atoms with Crippen LogP contribution < -0.4 is 5.32 Å². The maximum absolute atomic E-state index is 13.6. The molecular formula is C27H27FN4OS. The largest absolute Gasteiger partial charge is 0.356 e. The zero-order valence-electron chi connectivity index (χ0n) is 19.3. The molecule has 4 heterocycles. The molecule has 0 fully saturated rings. The van der Waals surface area contributed by atoms with Gasteiger partial charge in [-0.15, -0.1) is 0 Å². The van der Waals surface area contributed by atoms with Crippen molar-refractivity contribution in [3.8, 4) is 0 Å². The van der Waals surface area contributed by atoms with Crippen molar-refractivity contribution in [3.05, 3.63) is 71.8 Å². The molecule has 0 saturated heterocycles. The predicted octanol–water partition coefficient (Wildman–Crippen LogP) is 5.60. The summed E-state index contributed by atoms with van der Waals surface area (Å²) in [6.07, 6.45) is 5.82. The Balaban J connectivity index is 1.31. The van der Waals surface area contributed by atoms with Crippen molar-refractivity contribution in [2.45, 2.75) is 13.3 Å². The predicted molar refractivity (Wildman–Crippen MR) is 136 cm³/mol. The fraction of sp³-hybridized carbons (Fsp3) is 0.333. The van der Waals surface area contributed by atoms with Gasteiger partial charge in [0.05, 0.1) is 10.4 Å². The summed E-state index contributed by atoms with van der Waals surface area (Å²) in [5, 5.41) is 10.0. The van der Waals surface area contributed by atoms with Gasteiger partial charge in [-0.25, -0.2) is 4.39 Å². The van der Waals surface area contributed by atoms with Gasteiger partial charge in [-0.2, -0.15) is 4.37 Å². The Kier molecular flexibility index (Phi) is 5.36. The summed E-state index contributed by atoms with van der Waals surface area (Å²) in [7, 11) is 2.15. The first kappa shape index (κ1) is 21.6. The molecule has 0 radical (unpaired) electrons. The van der Waals surface area contributed by atoms with Gasteiger partial charge in [-0.3, -0.25) is 0 Å². The molecule has 174 valence electrons. The Bertz CT molecular complexity index is 1440. The van der Waals surface area contributed by atoms with Crippen LogP contribution in [0.5, 0.6) is 0 Å². The van der Waals surface area contributed by atoms with E-state index in [4.69, 9.17) is 8.90 Å². The van der Waals surface area contributed by atoms with Crippen LogP contribution in [0.4, 0.5) is 4.39 Å². The lowest BCUT2D eigenvalue weighted by atomic mass is 9.75. The van der Waals surface area contributed by atoms with Gasteiger partial charge in [0.15, 0.2) is 5.58 Å². The van der Waals surface area contributed by atoms with E-state index in [-0.39, 0.29) is 11.2 Å². The van der Waals surface area contributed by atoms with Crippen LogP contribution in [-0.4, -0.2) is 47.7 Å². The molecule has 2 aromatic heterocycles. The van der Waals surface area contributed by atoms with E-state index in [2.05, 4.69) is 65.8 Å². The minimum absolute atomic E-state index is 0.0247. The third kappa shape index (κ3) is 3.98. The fourth-order valence-corrected chi connectivity index (χ4v) is 6.50. The van der Waals surface area contributed by atoms with Crippen molar-refractivity contribution in [1.82, 2.24) is 19.7 Å². The quantitative estimate of drug-likeness (QED) is 0.417. The van der Waals surface area contributed by atoms with Gasteiger partial charge in [0.2, 0.25) is 0 Å². The van der Waals surface area contributed by atoms with Gasteiger partial charge in [-0.1, -0.05) is 42.4 Å². The third-order valence-electron chi connectivity index (χ3n) is 6.90. The molecule has 34 heavy (non-hydrogen) atoms. The highest BCUT2D eigenvalue weighted by molar-refractivity contribution is 7.13. The Hall–Kier alpha value is -2.87. The highest BCUT2D eigenvalue weighted by atomic mass is 32.1. The standard InChI is InChI=1S/C27H27FN4OS/c1-27(11-17-9-18(14-29-13-17)26-22-5-3-4-6-24(22)34-31-26)12-19(15-32(2)16-27)25-21-8-7-20(28)10-23(21)33-30-25/h3-10,12,17,29H,11,13-16H2,1-2H3. The van der Waals surface area contributed by atoms with Gasteiger partial charge in [0, 0.05) is 43.0 Å². The Morgan fingerprint density at radius 2 is 2.06 bits per heavy atom. The molecule has 1 N–H and O–H groups in total. The first-order valence-electron chi connectivity index (χ1n) is 11.7.